The van der Waals surface area contributed by atoms with Gasteiger partial charge in [-0.1, -0.05) is 46.9 Å². The molecule has 5 heteroatoms. The summed E-state index contributed by atoms with van der Waals surface area (Å²) in [6.45, 7) is 0. The van der Waals surface area contributed by atoms with E-state index >= 15 is 0 Å². The van der Waals surface area contributed by atoms with Crippen LogP contribution >= 0.6 is 34.8 Å². The third-order valence-electron chi connectivity index (χ3n) is 3.04. The average molecular weight is 331 g/mol. The zero-order valence-corrected chi connectivity index (χ0v) is 13.1. The van der Waals surface area contributed by atoms with Gasteiger partial charge in [0.25, 0.3) is 0 Å². The third kappa shape index (κ3) is 3.58. The second-order valence-corrected chi connectivity index (χ2v) is 5.70. The van der Waals surface area contributed by atoms with Crippen LogP contribution in [0.2, 0.25) is 15.1 Å². The molecule has 1 unspecified atom stereocenters. The molecule has 0 bridgehead atoms. The standard InChI is InChI=1S/C15H14Cl3NO/c1-20-15-8-12(17)11(7-13(15)18)14(19)6-9-2-4-10(16)5-3-9/h2-5,7-8,14H,6,19H2,1H3. The summed E-state index contributed by atoms with van der Waals surface area (Å²) in [5.41, 5.74) is 8.10. The van der Waals surface area contributed by atoms with E-state index in [1.807, 2.05) is 24.3 Å². The molecule has 0 aromatic heterocycles. The minimum absolute atomic E-state index is 0.243. The van der Waals surface area contributed by atoms with Crippen LogP contribution in [0.4, 0.5) is 0 Å². The fourth-order valence-corrected chi connectivity index (χ4v) is 2.64. The SMILES string of the molecule is COc1cc(Cl)c(C(N)Cc2ccc(Cl)cc2)cc1Cl. The second-order valence-electron chi connectivity index (χ2n) is 4.45. The monoisotopic (exact) mass is 329 g/mol. The first-order chi connectivity index (χ1) is 9.51. The van der Waals surface area contributed by atoms with E-state index < -0.39 is 0 Å². The van der Waals surface area contributed by atoms with Crippen molar-refractivity contribution in [1.82, 2.24) is 0 Å². The molecule has 0 aliphatic rings. The van der Waals surface area contributed by atoms with Crippen LogP contribution < -0.4 is 10.5 Å². The van der Waals surface area contributed by atoms with Crippen LogP contribution in [0.3, 0.4) is 0 Å². The van der Waals surface area contributed by atoms with Crippen molar-refractivity contribution in [2.75, 3.05) is 7.11 Å². The summed E-state index contributed by atoms with van der Waals surface area (Å²) in [5.74, 6) is 0.541. The largest absolute Gasteiger partial charge is 0.495 e. The van der Waals surface area contributed by atoms with Crippen LogP contribution in [0.5, 0.6) is 5.75 Å². The zero-order chi connectivity index (χ0) is 14.7. The van der Waals surface area contributed by atoms with E-state index in [-0.39, 0.29) is 6.04 Å². The summed E-state index contributed by atoms with van der Waals surface area (Å²) < 4.78 is 5.12. The minimum Gasteiger partial charge on any atom is -0.495 e. The van der Waals surface area contributed by atoms with Crippen molar-refractivity contribution in [1.29, 1.82) is 0 Å². The topological polar surface area (TPSA) is 35.2 Å². The lowest BCUT2D eigenvalue weighted by molar-refractivity contribution is 0.415. The smallest absolute Gasteiger partial charge is 0.138 e. The van der Waals surface area contributed by atoms with E-state index in [9.17, 15) is 0 Å². The molecule has 2 aromatic rings. The van der Waals surface area contributed by atoms with Gasteiger partial charge >= 0.3 is 0 Å². The lowest BCUT2D eigenvalue weighted by Gasteiger charge is -2.16. The molecule has 0 radical (unpaired) electrons. The molecule has 2 N–H and O–H groups in total. The quantitative estimate of drug-likeness (QED) is 0.865. The first kappa shape index (κ1) is 15.5. The first-order valence-corrected chi connectivity index (χ1v) is 7.17. The summed E-state index contributed by atoms with van der Waals surface area (Å²) in [4.78, 5) is 0. The summed E-state index contributed by atoms with van der Waals surface area (Å²) in [5, 5.41) is 1.75. The van der Waals surface area contributed by atoms with Crippen molar-refractivity contribution in [3.05, 3.63) is 62.6 Å². The van der Waals surface area contributed by atoms with E-state index in [1.54, 1.807) is 19.2 Å². The molecule has 2 nitrogen and oxygen atoms in total. The Morgan fingerprint density at radius 1 is 1.05 bits per heavy atom. The van der Waals surface area contributed by atoms with Crippen LogP contribution in [0.15, 0.2) is 36.4 Å². The van der Waals surface area contributed by atoms with Gasteiger partial charge in [0.15, 0.2) is 0 Å². The zero-order valence-electron chi connectivity index (χ0n) is 10.9. The molecule has 106 valence electrons. The highest BCUT2D eigenvalue weighted by molar-refractivity contribution is 6.34. The Bertz CT molecular complexity index is 599. The highest BCUT2D eigenvalue weighted by atomic mass is 35.5. The fraction of sp³-hybridized carbons (Fsp3) is 0.200. The molecule has 0 fully saturated rings. The van der Waals surface area contributed by atoms with Crippen molar-refractivity contribution >= 4 is 34.8 Å². The molecule has 0 saturated carbocycles. The van der Waals surface area contributed by atoms with Crippen molar-refractivity contribution < 1.29 is 4.74 Å². The number of rotatable bonds is 4. The van der Waals surface area contributed by atoms with Crippen molar-refractivity contribution in [3.8, 4) is 5.75 Å². The number of halogens is 3. The third-order valence-corrected chi connectivity index (χ3v) is 3.91. The van der Waals surface area contributed by atoms with Gasteiger partial charge in [-0.3, -0.25) is 0 Å². The van der Waals surface area contributed by atoms with Crippen molar-refractivity contribution in [2.24, 2.45) is 5.73 Å². The maximum atomic E-state index is 6.23. The fourth-order valence-electron chi connectivity index (χ4n) is 1.97. The van der Waals surface area contributed by atoms with Gasteiger partial charge in [-0.2, -0.15) is 0 Å². The van der Waals surface area contributed by atoms with Crippen LogP contribution in [0.1, 0.15) is 17.2 Å². The minimum atomic E-state index is -0.243. The Balaban J connectivity index is 2.22. The average Bonchev–Trinajstić information content (AvgIpc) is 2.43. The molecule has 0 spiro atoms. The summed E-state index contributed by atoms with van der Waals surface area (Å²) in [7, 11) is 1.55. The normalized spacial score (nSPS) is 12.2. The molecule has 1 atom stereocenters. The van der Waals surface area contributed by atoms with Gasteiger partial charge in [0.05, 0.1) is 12.1 Å². The number of ether oxygens (including phenoxy) is 1. The van der Waals surface area contributed by atoms with Gasteiger partial charge in [0, 0.05) is 22.2 Å². The van der Waals surface area contributed by atoms with Crippen molar-refractivity contribution in [3.63, 3.8) is 0 Å². The Labute approximate surface area is 133 Å². The van der Waals surface area contributed by atoms with Crippen LogP contribution in [-0.2, 0) is 6.42 Å². The molecule has 2 aromatic carbocycles. The first-order valence-electron chi connectivity index (χ1n) is 6.04. The second kappa shape index (κ2) is 6.68. The lowest BCUT2D eigenvalue weighted by Crippen LogP contribution is -2.14. The van der Waals surface area contributed by atoms with E-state index in [4.69, 9.17) is 45.3 Å². The van der Waals surface area contributed by atoms with E-state index in [1.165, 1.54) is 0 Å². The van der Waals surface area contributed by atoms with Gasteiger partial charge < -0.3 is 10.5 Å². The van der Waals surface area contributed by atoms with Gasteiger partial charge in [-0.25, -0.2) is 0 Å². The van der Waals surface area contributed by atoms with Gasteiger partial charge in [0.2, 0.25) is 0 Å². The summed E-state index contributed by atoms with van der Waals surface area (Å²) in [6, 6.07) is 10.8. The van der Waals surface area contributed by atoms with Crippen LogP contribution in [0.25, 0.3) is 0 Å². The lowest BCUT2D eigenvalue weighted by atomic mass is 9.99. The van der Waals surface area contributed by atoms with Gasteiger partial charge in [-0.15, -0.1) is 0 Å². The Kier molecular flexibility index (Phi) is 5.17. The van der Waals surface area contributed by atoms with E-state index in [2.05, 4.69) is 0 Å². The number of nitrogens with two attached hydrogens (primary N) is 1. The van der Waals surface area contributed by atoms with E-state index in [0.29, 0.717) is 27.2 Å². The molecule has 0 aliphatic heterocycles. The molecular weight excluding hydrogens is 317 g/mol. The Morgan fingerprint density at radius 3 is 2.30 bits per heavy atom. The predicted octanol–water partition coefficient (Wildman–Crippen LogP) is 4.90. The van der Waals surface area contributed by atoms with Crippen LogP contribution in [-0.4, -0.2) is 7.11 Å². The number of benzene rings is 2. The van der Waals surface area contributed by atoms with Gasteiger partial charge in [0.1, 0.15) is 5.75 Å². The molecule has 0 amide bonds. The Morgan fingerprint density at radius 2 is 1.70 bits per heavy atom. The molecular formula is C15H14Cl3NO. The number of hydrogen-bond acceptors (Lipinski definition) is 2. The van der Waals surface area contributed by atoms with Crippen molar-refractivity contribution in [2.45, 2.75) is 12.5 Å². The predicted molar refractivity (Wildman–Crippen MR) is 85.1 cm³/mol. The maximum absolute atomic E-state index is 6.23. The Hall–Kier alpha value is -0.930. The number of methoxy groups -OCH3 is 1. The highest BCUT2D eigenvalue weighted by Gasteiger charge is 2.14. The van der Waals surface area contributed by atoms with E-state index in [0.717, 1.165) is 11.1 Å². The highest BCUT2D eigenvalue weighted by Crippen LogP contribution is 2.34. The molecule has 2 rings (SSSR count). The van der Waals surface area contributed by atoms with Gasteiger partial charge in [-0.05, 0) is 35.7 Å². The maximum Gasteiger partial charge on any atom is 0.138 e. The molecule has 0 heterocycles. The summed E-state index contributed by atoms with van der Waals surface area (Å²) >= 11 is 18.2. The molecule has 0 aliphatic carbocycles. The van der Waals surface area contributed by atoms with Crippen LogP contribution in [0, 0.1) is 0 Å². The molecule has 20 heavy (non-hydrogen) atoms. The summed E-state index contributed by atoms with van der Waals surface area (Å²) in [6.07, 6.45) is 0.652. The number of hydrogen-bond donors (Lipinski definition) is 1. The molecule has 0 saturated heterocycles.